The summed E-state index contributed by atoms with van der Waals surface area (Å²) in [6.07, 6.45) is -1.62. The second-order valence-corrected chi connectivity index (χ2v) is 1.56. The van der Waals surface area contributed by atoms with Gasteiger partial charge in [0.25, 0.3) is 0 Å². The fraction of sp³-hybridized carbons (Fsp3) is 0.333. The Balaban J connectivity index is 0. The van der Waals surface area contributed by atoms with Crippen LogP contribution >= 0.6 is 0 Å². The number of allylic oxidation sites excluding steroid dienone is 4. The van der Waals surface area contributed by atoms with Gasteiger partial charge in [0, 0.05) is 0 Å². The maximum Gasteiger partial charge on any atom is 0.416 e. The predicted molar refractivity (Wildman–Crippen MR) is 45.9 cm³/mol. The van der Waals surface area contributed by atoms with E-state index in [9.17, 15) is 13.2 Å². The SMILES string of the molecule is C=C/C=C(\C=C)C(F)(F)F.CC. The Bertz CT molecular complexity index is 163. The highest BCUT2D eigenvalue weighted by molar-refractivity contribution is 5.25. The standard InChI is InChI=1S/C7H7F3.C2H6/c1-3-5-6(4-2)7(8,9)10;1-2/h3-5H,1-2H2;1-2H3/b6-5+;. The van der Waals surface area contributed by atoms with Crippen LogP contribution in [0.3, 0.4) is 0 Å². The Morgan fingerprint density at radius 3 is 1.67 bits per heavy atom. The lowest BCUT2D eigenvalue weighted by atomic mass is 10.2. The third-order valence-electron chi connectivity index (χ3n) is 0.845. The molecule has 0 fully saturated rings. The number of hydrogen-bond acceptors (Lipinski definition) is 0. The van der Waals surface area contributed by atoms with Crippen molar-refractivity contribution in [2.24, 2.45) is 0 Å². The lowest BCUT2D eigenvalue weighted by molar-refractivity contribution is -0.0881. The zero-order valence-electron chi connectivity index (χ0n) is 7.28. The molecule has 0 aromatic rings. The quantitative estimate of drug-likeness (QED) is 0.563. The Morgan fingerprint density at radius 1 is 1.17 bits per heavy atom. The summed E-state index contributed by atoms with van der Waals surface area (Å²) >= 11 is 0. The fourth-order valence-corrected chi connectivity index (χ4v) is 0.405. The Hall–Kier alpha value is -0.990. The van der Waals surface area contributed by atoms with Crippen LogP contribution in [0.1, 0.15) is 13.8 Å². The van der Waals surface area contributed by atoms with Crippen LogP contribution in [-0.4, -0.2) is 6.18 Å². The van der Waals surface area contributed by atoms with Crippen LogP contribution in [-0.2, 0) is 0 Å². The normalized spacial score (nSPS) is 11.2. The molecule has 0 saturated carbocycles. The van der Waals surface area contributed by atoms with Gasteiger partial charge in [-0.1, -0.05) is 45.2 Å². The molecule has 0 heterocycles. The first-order chi connectivity index (χ1) is 5.52. The first kappa shape index (κ1) is 13.6. The van der Waals surface area contributed by atoms with Crippen molar-refractivity contribution in [3.8, 4) is 0 Å². The van der Waals surface area contributed by atoms with Crippen molar-refractivity contribution in [3.63, 3.8) is 0 Å². The van der Waals surface area contributed by atoms with E-state index in [4.69, 9.17) is 0 Å². The van der Waals surface area contributed by atoms with Gasteiger partial charge < -0.3 is 0 Å². The monoisotopic (exact) mass is 178 g/mol. The highest BCUT2D eigenvalue weighted by Gasteiger charge is 2.30. The van der Waals surface area contributed by atoms with Gasteiger partial charge in [-0.2, -0.15) is 13.2 Å². The van der Waals surface area contributed by atoms with Crippen LogP contribution in [0.4, 0.5) is 13.2 Å². The summed E-state index contributed by atoms with van der Waals surface area (Å²) in [7, 11) is 0. The van der Waals surface area contributed by atoms with Gasteiger partial charge in [-0.25, -0.2) is 0 Å². The van der Waals surface area contributed by atoms with Crippen LogP contribution in [0.2, 0.25) is 0 Å². The van der Waals surface area contributed by atoms with Gasteiger partial charge in [0.05, 0.1) is 5.57 Å². The summed E-state index contributed by atoms with van der Waals surface area (Å²) in [5.74, 6) is 0. The average Bonchev–Trinajstić information content (AvgIpc) is 2.02. The van der Waals surface area contributed by atoms with Gasteiger partial charge in [0.2, 0.25) is 0 Å². The second kappa shape index (κ2) is 6.70. The lowest BCUT2D eigenvalue weighted by Crippen LogP contribution is -2.09. The summed E-state index contributed by atoms with van der Waals surface area (Å²) in [5, 5.41) is 0. The number of rotatable bonds is 2. The minimum Gasteiger partial charge on any atom is -0.166 e. The molecule has 0 bridgehead atoms. The first-order valence-electron chi connectivity index (χ1n) is 3.54. The highest BCUT2D eigenvalue weighted by Crippen LogP contribution is 2.25. The van der Waals surface area contributed by atoms with E-state index in [1.54, 1.807) is 0 Å². The van der Waals surface area contributed by atoms with Crippen LogP contribution in [0.25, 0.3) is 0 Å². The topological polar surface area (TPSA) is 0 Å². The molecule has 0 nitrogen and oxygen atoms in total. The summed E-state index contributed by atoms with van der Waals surface area (Å²) in [4.78, 5) is 0. The Labute approximate surface area is 71.1 Å². The Kier molecular flexibility index (Phi) is 7.59. The summed E-state index contributed by atoms with van der Waals surface area (Å²) in [6, 6.07) is 0. The maximum absolute atomic E-state index is 11.7. The van der Waals surface area contributed by atoms with Crippen molar-refractivity contribution in [2.45, 2.75) is 20.0 Å². The predicted octanol–water partition coefficient (Wildman–Crippen LogP) is 3.87. The van der Waals surface area contributed by atoms with Crippen molar-refractivity contribution in [2.75, 3.05) is 0 Å². The molecule has 0 aromatic heterocycles. The van der Waals surface area contributed by atoms with Crippen LogP contribution < -0.4 is 0 Å². The molecule has 0 N–H and O–H groups in total. The van der Waals surface area contributed by atoms with Crippen molar-refractivity contribution in [3.05, 3.63) is 37.0 Å². The number of halogens is 3. The lowest BCUT2D eigenvalue weighted by Gasteiger charge is -2.04. The summed E-state index contributed by atoms with van der Waals surface area (Å²) in [5.41, 5.74) is -0.775. The van der Waals surface area contributed by atoms with Crippen LogP contribution in [0.15, 0.2) is 37.0 Å². The van der Waals surface area contributed by atoms with E-state index in [2.05, 4.69) is 13.2 Å². The van der Waals surface area contributed by atoms with E-state index >= 15 is 0 Å². The molecule has 0 aliphatic carbocycles. The molecular weight excluding hydrogens is 165 g/mol. The van der Waals surface area contributed by atoms with Crippen molar-refractivity contribution >= 4 is 0 Å². The fourth-order valence-electron chi connectivity index (χ4n) is 0.405. The zero-order chi connectivity index (χ0) is 10.2. The largest absolute Gasteiger partial charge is 0.416 e. The minimum atomic E-state index is -4.31. The van der Waals surface area contributed by atoms with E-state index in [0.29, 0.717) is 0 Å². The van der Waals surface area contributed by atoms with Crippen LogP contribution in [0.5, 0.6) is 0 Å². The van der Waals surface area contributed by atoms with E-state index in [0.717, 1.165) is 18.2 Å². The number of hydrogen-bond donors (Lipinski definition) is 0. The molecule has 0 aromatic carbocycles. The number of alkyl halides is 3. The second-order valence-electron chi connectivity index (χ2n) is 1.56. The third-order valence-corrected chi connectivity index (χ3v) is 0.845. The van der Waals surface area contributed by atoms with Gasteiger partial charge in [0.1, 0.15) is 0 Å². The molecule has 0 rings (SSSR count). The van der Waals surface area contributed by atoms with E-state index in [1.807, 2.05) is 13.8 Å². The zero-order valence-corrected chi connectivity index (χ0v) is 7.28. The molecular formula is C9H13F3. The molecule has 3 heteroatoms. The van der Waals surface area contributed by atoms with E-state index in [-0.39, 0.29) is 0 Å². The average molecular weight is 178 g/mol. The van der Waals surface area contributed by atoms with Crippen molar-refractivity contribution in [1.82, 2.24) is 0 Å². The van der Waals surface area contributed by atoms with Gasteiger partial charge in [-0.15, -0.1) is 0 Å². The van der Waals surface area contributed by atoms with E-state index in [1.165, 1.54) is 0 Å². The third kappa shape index (κ3) is 5.77. The molecule has 12 heavy (non-hydrogen) atoms. The smallest absolute Gasteiger partial charge is 0.166 e. The van der Waals surface area contributed by atoms with Gasteiger partial charge >= 0.3 is 6.18 Å². The van der Waals surface area contributed by atoms with Crippen LogP contribution in [0, 0.1) is 0 Å². The maximum atomic E-state index is 11.7. The van der Waals surface area contributed by atoms with E-state index < -0.39 is 11.7 Å². The molecule has 0 spiro atoms. The molecule has 0 radical (unpaired) electrons. The molecule has 0 aliphatic heterocycles. The molecule has 0 unspecified atom stereocenters. The molecule has 0 amide bonds. The molecule has 0 saturated heterocycles. The van der Waals surface area contributed by atoms with Crippen molar-refractivity contribution < 1.29 is 13.2 Å². The van der Waals surface area contributed by atoms with Gasteiger partial charge in [0.15, 0.2) is 0 Å². The first-order valence-corrected chi connectivity index (χ1v) is 3.54. The summed E-state index contributed by atoms with van der Waals surface area (Å²) in [6.45, 7) is 10.1. The van der Waals surface area contributed by atoms with Crippen molar-refractivity contribution in [1.29, 1.82) is 0 Å². The minimum absolute atomic E-state index is 0.752. The highest BCUT2D eigenvalue weighted by atomic mass is 19.4. The molecule has 0 aliphatic rings. The van der Waals surface area contributed by atoms with Gasteiger partial charge in [-0.3, -0.25) is 0 Å². The van der Waals surface area contributed by atoms with Gasteiger partial charge in [-0.05, 0) is 0 Å². The molecule has 0 atom stereocenters. The Morgan fingerprint density at radius 2 is 1.58 bits per heavy atom. The molecule has 70 valence electrons. The summed E-state index contributed by atoms with van der Waals surface area (Å²) < 4.78 is 35.2.